The van der Waals surface area contributed by atoms with E-state index in [2.05, 4.69) is 163 Å². The van der Waals surface area contributed by atoms with Gasteiger partial charge < -0.3 is 49.4 Å². The molecule has 10 aromatic carbocycles. The van der Waals surface area contributed by atoms with Crippen LogP contribution >= 0.6 is 0 Å². The first kappa shape index (κ1) is 74.1. The fourth-order valence-electron chi connectivity index (χ4n) is 16.3. The Morgan fingerprint density at radius 2 is 0.765 bits per heavy atom. The molecule has 6 aliphatic heterocycles. The highest BCUT2D eigenvalue weighted by atomic mass is 16.2. The maximum Gasteiger partial charge on any atom is 0.253 e. The summed E-state index contributed by atoms with van der Waals surface area (Å²) in [6.45, 7) is 13.8. The quantitative estimate of drug-likeness (QED) is 0.0767. The zero-order valence-electron chi connectivity index (χ0n) is 64.2. The van der Waals surface area contributed by atoms with Gasteiger partial charge in [0, 0.05) is 77.6 Å². The van der Waals surface area contributed by atoms with E-state index in [1.54, 1.807) is 0 Å². The molecule has 5 N–H and O–H groups in total. The highest BCUT2D eigenvalue weighted by Crippen LogP contribution is 2.33. The maximum atomic E-state index is 12.4. The van der Waals surface area contributed by atoms with Crippen LogP contribution in [0, 0.1) is 6.92 Å². The van der Waals surface area contributed by atoms with Gasteiger partial charge in [-0.3, -0.25) is 33.8 Å². The Balaban J connectivity index is 0.000000104. The first-order chi connectivity index (χ1) is 56.4. The SMILES string of the molecule is CN(Cc1ccccc1)Cc1nc2cccc3c2n1CCNC3=O.Cc1cccc(-c2nc3cccc4c3n2CCNC4=O)c1.O=C1NCCn2c(/C=C/c3ccccc3)nc3cccc1c32.O=C1NCCn2c(C=C(c3ccccc3)c3ccccc3)nc3cccc1c32.O=C1NCCn2c(CN3CCCC3)nc3cccc1c32. The number of imidazole rings is 5. The molecule has 1 saturated heterocycles. The molecule has 0 unspecified atom stereocenters. The van der Waals surface area contributed by atoms with E-state index in [4.69, 9.17) is 19.9 Å². The number of carbonyl (C=O) groups is 5. The smallest absolute Gasteiger partial charge is 0.253 e. The van der Waals surface area contributed by atoms with E-state index >= 15 is 0 Å². The molecule has 574 valence electrons. The Labute approximate surface area is 664 Å². The Kier molecular flexibility index (Phi) is 21.5. The zero-order chi connectivity index (χ0) is 78.3. The van der Waals surface area contributed by atoms with Crippen molar-refractivity contribution < 1.29 is 24.0 Å². The summed E-state index contributed by atoms with van der Waals surface area (Å²) in [4.78, 5) is 89.5. The molecule has 11 heterocycles. The molecule has 0 aliphatic carbocycles. The van der Waals surface area contributed by atoms with Crippen molar-refractivity contribution in [3.8, 4) is 11.4 Å². The Morgan fingerprint density at radius 3 is 1.26 bits per heavy atom. The third-order valence-electron chi connectivity index (χ3n) is 21.6. The van der Waals surface area contributed by atoms with Crippen LogP contribution < -0.4 is 26.6 Å². The number of rotatable bonds is 12. The van der Waals surface area contributed by atoms with Gasteiger partial charge in [0.2, 0.25) is 0 Å². The molecule has 22 nitrogen and oxygen atoms in total. The Hall–Kier alpha value is -13.7. The van der Waals surface area contributed by atoms with Crippen molar-refractivity contribution in [3.05, 3.63) is 316 Å². The van der Waals surface area contributed by atoms with Crippen molar-refractivity contribution in [2.45, 2.75) is 72.1 Å². The van der Waals surface area contributed by atoms with Crippen LogP contribution in [-0.2, 0) is 52.4 Å². The summed E-state index contributed by atoms with van der Waals surface area (Å²) >= 11 is 0. The molecule has 1 fully saturated rings. The summed E-state index contributed by atoms with van der Waals surface area (Å²) < 4.78 is 10.8. The lowest BCUT2D eigenvalue weighted by molar-refractivity contribution is 0.0948. The molecular weight excluding hydrogens is 1440 g/mol. The predicted octanol–water partition coefficient (Wildman–Crippen LogP) is 13.9. The monoisotopic (exact) mass is 1520 g/mol. The Morgan fingerprint density at radius 1 is 0.374 bits per heavy atom. The van der Waals surface area contributed by atoms with Crippen molar-refractivity contribution in [1.82, 2.24) is 84.1 Å². The molecular formula is C93H87N17O5. The minimum atomic E-state index is -0.0360. The van der Waals surface area contributed by atoms with Gasteiger partial charge in [0.05, 0.1) is 96.1 Å². The van der Waals surface area contributed by atoms with Crippen LogP contribution in [0.4, 0.5) is 0 Å². The minimum Gasteiger partial charge on any atom is -0.350 e. The number of likely N-dealkylation sites (tertiary alicyclic amines) is 1. The van der Waals surface area contributed by atoms with E-state index in [9.17, 15) is 24.0 Å². The minimum absolute atomic E-state index is 0.0107. The zero-order valence-corrected chi connectivity index (χ0v) is 64.2. The van der Waals surface area contributed by atoms with E-state index < -0.39 is 0 Å². The molecule has 0 spiro atoms. The summed E-state index contributed by atoms with van der Waals surface area (Å²) in [5, 5.41) is 14.8. The van der Waals surface area contributed by atoms with E-state index in [-0.39, 0.29) is 29.5 Å². The molecule has 6 aliphatic rings. The summed E-state index contributed by atoms with van der Waals surface area (Å²) in [5.41, 5.74) is 20.8. The van der Waals surface area contributed by atoms with Gasteiger partial charge in [0.15, 0.2) is 0 Å². The van der Waals surface area contributed by atoms with Crippen molar-refractivity contribution in [3.63, 3.8) is 0 Å². The standard InChI is InChI=1S/C24H19N3O.C19H20N4O.C18H15N3O.C17H15N3O.C15H18N4O/c28-24-19-12-7-13-21-23(19)27(15-14-25-24)22(26-21)16-20(17-8-3-1-4-9-17)18-10-5-2-6-11-18;1-22(12-14-6-3-2-4-7-14)13-17-21-16-9-5-8-15-18(16)23(17)11-10-20-19(15)24;22-18-14-7-4-8-15-17(14)21(12-11-19-18)16(20-15)10-9-13-5-2-1-3-6-13;1-11-4-2-5-12(10-11)16-19-14-7-3-6-13-15(14)20(16)9-8-18-17(13)21;20-15-11-4-3-5-12-14(11)19(9-6-16-15)13(17-12)10-18-7-1-2-8-18/h1-13,16H,14-15H2,(H,25,28);2-9H,10-13H2,1H3,(H,20,24);1-10H,11-12H2,(H,19,22);2-7,10H,8-9H2,1H3,(H,18,21);3-5H,1-2,6-10H2,(H,16,20)/b;;10-9+;;. The van der Waals surface area contributed by atoms with Crippen LogP contribution in [0.2, 0.25) is 0 Å². The number of benzene rings is 10. The second-order valence-electron chi connectivity index (χ2n) is 29.4. The van der Waals surface area contributed by atoms with Gasteiger partial charge in [0.1, 0.15) is 29.1 Å². The van der Waals surface area contributed by atoms with Crippen LogP contribution in [0.25, 0.3) is 90.4 Å². The van der Waals surface area contributed by atoms with Crippen LogP contribution in [0.3, 0.4) is 0 Å². The number of nitrogens with zero attached hydrogens (tertiary/aromatic N) is 12. The lowest BCUT2D eigenvalue weighted by Gasteiger charge is -2.17. The molecule has 0 bridgehead atoms. The number of para-hydroxylation sites is 5. The maximum absolute atomic E-state index is 12.4. The molecule has 21 rings (SSSR count). The van der Waals surface area contributed by atoms with Crippen molar-refractivity contribution in [2.24, 2.45) is 0 Å². The van der Waals surface area contributed by atoms with E-state index in [1.165, 1.54) is 24.0 Å². The molecule has 15 aromatic rings. The highest BCUT2D eigenvalue weighted by Gasteiger charge is 2.28. The lowest BCUT2D eigenvalue weighted by atomic mass is 9.97. The first-order valence-corrected chi connectivity index (χ1v) is 39.4. The molecule has 5 aromatic heterocycles. The van der Waals surface area contributed by atoms with Crippen LogP contribution in [0.5, 0.6) is 0 Å². The number of hydrogen-bond donors (Lipinski definition) is 5. The van der Waals surface area contributed by atoms with Crippen molar-refractivity contribution >= 4 is 109 Å². The number of hydrogen-bond acceptors (Lipinski definition) is 12. The van der Waals surface area contributed by atoms with Gasteiger partial charge in [0.25, 0.3) is 29.5 Å². The molecule has 5 amide bonds. The van der Waals surface area contributed by atoms with Gasteiger partial charge in [-0.2, -0.15) is 0 Å². The van der Waals surface area contributed by atoms with Gasteiger partial charge in [-0.05, 0) is 147 Å². The predicted molar refractivity (Wildman–Crippen MR) is 452 cm³/mol. The number of nitrogens with one attached hydrogen (secondary N) is 5. The van der Waals surface area contributed by atoms with Gasteiger partial charge >= 0.3 is 0 Å². The highest BCUT2D eigenvalue weighted by molar-refractivity contribution is 6.09. The summed E-state index contributed by atoms with van der Waals surface area (Å²) in [7, 11) is 2.10. The normalized spacial score (nSPS) is 14.8. The second-order valence-corrected chi connectivity index (χ2v) is 29.4. The van der Waals surface area contributed by atoms with Crippen LogP contribution in [0.1, 0.15) is 116 Å². The first-order valence-electron chi connectivity index (χ1n) is 39.4. The van der Waals surface area contributed by atoms with Gasteiger partial charge in [-0.25, -0.2) is 24.9 Å². The van der Waals surface area contributed by atoms with Gasteiger partial charge in [-0.15, -0.1) is 0 Å². The van der Waals surface area contributed by atoms with Gasteiger partial charge in [-0.1, -0.05) is 181 Å². The third-order valence-corrected chi connectivity index (χ3v) is 21.6. The summed E-state index contributed by atoms with van der Waals surface area (Å²) in [5.74, 6) is 4.69. The number of amides is 5. The second kappa shape index (κ2) is 33.3. The third kappa shape index (κ3) is 15.7. The molecule has 0 radical (unpaired) electrons. The van der Waals surface area contributed by atoms with Crippen LogP contribution in [-0.4, -0.2) is 140 Å². The topological polar surface area (TPSA) is 241 Å². The lowest BCUT2D eigenvalue weighted by Crippen LogP contribution is -2.25. The average molecular weight is 1520 g/mol. The van der Waals surface area contributed by atoms with Crippen LogP contribution in [0.15, 0.2) is 237 Å². The van der Waals surface area contributed by atoms with E-state index in [0.29, 0.717) is 56.0 Å². The average Bonchev–Trinajstić information content (AvgIpc) is 1.11. The number of carbonyl (C=O) groups excluding carboxylic acids is 5. The molecule has 0 atom stereocenters. The van der Waals surface area contributed by atoms with Crippen molar-refractivity contribution in [1.29, 1.82) is 0 Å². The molecule has 115 heavy (non-hydrogen) atoms. The molecule has 22 heteroatoms. The Bertz CT molecular complexity index is 6190. The fourth-order valence-corrected chi connectivity index (χ4v) is 16.3. The number of aryl methyl sites for hydroxylation is 1. The van der Waals surface area contributed by atoms with E-state index in [1.807, 2.05) is 170 Å². The molecule has 0 saturated carbocycles. The fraction of sp³-hybridized carbons (Fsp3) is 0.204. The summed E-state index contributed by atoms with van der Waals surface area (Å²) in [6, 6.07) is 78.2. The summed E-state index contributed by atoms with van der Waals surface area (Å²) in [6.07, 6.45) is 8.75. The van der Waals surface area contributed by atoms with Crippen molar-refractivity contribution in [2.75, 3.05) is 52.9 Å². The van der Waals surface area contributed by atoms with E-state index in [0.717, 1.165) is 182 Å². The number of aromatic nitrogens is 10. The largest absolute Gasteiger partial charge is 0.350 e.